The number of rotatable bonds is 14. The van der Waals surface area contributed by atoms with Crippen LogP contribution in [0.3, 0.4) is 0 Å². The zero-order valence-electron chi connectivity index (χ0n) is 23.0. The molecule has 0 aliphatic rings. The quantitative estimate of drug-likeness (QED) is 0.115. The van der Waals surface area contributed by atoms with Crippen LogP contribution in [0, 0.1) is 11.3 Å². The SMILES string of the molecule is C=C(/C=C\CC)NC(/N=C(\C)[N+](C)(CCC(C)C)c1ccccn1)N/C=C(\C)C(C)(C)COC. The van der Waals surface area contributed by atoms with Crippen LogP contribution in [0.2, 0.25) is 0 Å². The van der Waals surface area contributed by atoms with Crippen molar-refractivity contribution in [3.63, 3.8) is 0 Å². The summed E-state index contributed by atoms with van der Waals surface area (Å²) < 4.78 is 5.95. The molecule has 0 saturated heterocycles. The number of hydrogen-bond acceptors (Lipinski definition) is 5. The minimum absolute atomic E-state index is 0.0834. The van der Waals surface area contributed by atoms with Gasteiger partial charge in [0.05, 0.1) is 20.2 Å². The van der Waals surface area contributed by atoms with Gasteiger partial charge in [-0.25, -0.2) is 9.47 Å². The molecule has 0 aliphatic heterocycles. The summed E-state index contributed by atoms with van der Waals surface area (Å²) in [6.07, 6.45) is 9.62. The zero-order valence-corrected chi connectivity index (χ0v) is 23.0. The Hall–Kier alpha value is -2.44. The van der Waals surface area contributed by atoms with Gasteiger partial charge in [-0.3, -0.25) is 0 Å². The van der Waals surface area contributed by atoms with E-state index in [1.54, 1.807) is 7.11 Å². The van der Waals surface area contributed by atoms with Gasteiger partial charge in [0.2, 0.25) is 11.7 Å². The number of nitrogens with one attached hydrogen (secondary N) is 2. The predicted octanol–water partition coefficient (Wildman–Crippen LogP) is 6.00. The summed E-state index contributed by atoms with van der Waals surface area (Å²) in [6, 6.07) is 6.07. The summed E-state index contributed by atoms with van der Waals surface area (Å²) in [5.74, 6) is 2.55. The number of nitrogens with zero attached hydrogens (tertiary/aromatic N) is 3. The third-order valence-electron chi connectivity index (χ3n) is 6.25. The first-order chi connectivity index (χ1) is 16.0. The van der Waals surface area contributed by atoms with Gasteiger partial charge in [-0.15, -0.1) is 0 Å². The summed E-state index contributed by atoms with van der Waals surface area (Å²) in [5.41, 5.74) is 1.91. The van der Waals surface area contributed by atoms with E-state index >= 15 is 0 Å². The van der Waals surface area contributed by atoms with E-state index in [0.29, 0.717) is 17.0 Å². The fourth-order valence-electron chi connectivity index (χ4n) is 3.39. The summed E-state index contributed by atoms with van der Waals surface area (Å²) in [7, 11) is 3.92. The molecule has 1 aromatic rings. The second kappa shape index (κ2) is 14.1. The van der Waals surface area contributed by atoms with E-state index in [1.807, 2.05) is 30.6 Å². The van der Waals surface area contributed by atoms with Crippen molar-refractivity contribution in [2.75, 3.05) is 27.3 Å². The average Bonchev–Trinajstić information content (AvgIpc) is 2.79. The second-order valence-corrected chi connectivity index (χ2v) is 10.2. The Morgan fingerprint density at radius 2 is 2.00 bits per heavy atom. The molecule has 6 heteroatoms. The molecule has 0 saturated carbocycles. The minimum atomic E-state index is -0.373. The Morgan fingerprint density at radius 1 is 1.29 bits per heavy atom. The highest BCUT2D eigenvalue weighted by molar-refractivity contribution is 5.90. The fraction of sp³-hybridized carbons (Fsp3) is 0.571. The van der Waals surface area contributed by atoms with Crippen LogP contribution in [0.15, 0.2) is 65.6 Å². The summed E-state index contributed by atoms with van der Waals surface area (Å²) in [5, 5.41) is 6.89. The van der Waals surface area contributed by atoms with E-state index in [0.717, 1.165) is 36.7 Å². The third kappa shape index (κ3) is 9.43. The normalized spacial score (nSPS) is 15.9. The molecule has 2 atom stereocenters. The molecule has 0 aromatic carbocycles. The van der Waals surface area contributed by atoms with Crippen LogP contribution in [-0.2, 0) is 4.74 Å². The van der Waals surface area contributed by atoms with Gasteiger partial charge < -0.3 is 15.4 Å². The van der Waals surface area contributed by atoms with Crippen molar-refractivity contribution >= 4 is 11.7 Å². The van der Waals surface area contributed by atoms with Crippen molar-refractivity contribution in [2.45, 2.75) is 67.6 Å². The van der Waals surface area contributed by atoms with Crippen molar-refractivity contribution in [3.05, 3.63) is 60.6 Å². The molecular formula is C28H48N5O+. The van der Waals surface area contributed by atoms with Crippen molar-refractivity contribution in [1.29, 1.82) is 0 Å². The first kappa shape index (κ1) is 29.6. The molecule has 0 aliphatic carbocycles. The number of allylic oxidation sites excluding steroid dienone is 2. The van der Waals surface area contributed by atoms with E-state index in [9.17, 15) is 0 Å². The monoisotopic (exact) mass is 470 g/mol. The van der Waals surface area contributed by atoms with Crippen LogP contribution in [0.5, 0.6) is 0 Å². The highest BCUT2D eigenvalue weighted by atomic mass is 16.5. The molecule has 0 radical (unpaired) electrons. The average molecular weight is 471 g/mol. The van der Waals surface area contributed by atoms with E-state index < -0.39 is 0 Å². The number of pyridine rings is 1. The predicted molar refractivity (Wildman–Crippen MR) is 147 cm³/mol. The molecule has 1 heterocycles. The third-order valence-corrected chi connectivity index (χ3v) is 6.25. The molecule has 34 heavy (non-hydrogen) atoms. The van der Waals surface area contributed by atoms with E-state index in [-0.39, 0.29) is 11.7 Å². The molecule has 0 amide bonds. The van der Waals surface area contributed by atoms with Gasteiger partial charge in [0.1, 0.15) is 0 Å². The molecule has 1 rings (SSSR count). The fourth-order valence-corrected chi connectivity index (χ4v) is 3.39. The van der Waals surface area contributed by atoms with Crippen LogP contribution < -0.4 is 15.1 Å². The number of aromatic nitrogens is 1. The van der Waals surface area contributed by atoms with Gasteiger partial charge in [0.15, 0.2) is 6.29 Å². The lowest BCUT2D eigenvalue weighted by Crippen LogP contribution is -2.52. The Kier molecular flexibility index (Phi) is 12.2. The van der Waals surface area contributed by atoms with Gasteiger partial charge in [-0.1, -0.05) is 53.3 Å². The molecule has 2 unspecified atom stereocenters. The van der Waals surface area contributed by atoms with Crippen molar-refractivity contribution < 1.29 is 4.74 Å². The Labute approximate surface area is 208 Å². The smallest absolute Gasteiger partial charge is 0.233 e. The highest BCUT2D eigenvalue weighted by Gasteiger charge is 2.31. The molecule has 0 bridgehead atoms. The standard InChI is InChI=1S/C28H48N5O/c1-11-12-15-24(5)31-27(30-20-23(4)28(7,8)21-34-10)32-25(6)33(9,19-17-22(2)3)26-16-13-14-18-29-26/h12-16,18,20,22,27,30-31H,5,11,17,19,21H2,1-4,6-10H3/q+1/b15-12-,23-20+,32-25+. The lowest BCUT2D eigenvalue weighted by Gasteiger charge is -2.33. The molecule has 2 N–H and O–H groups in total. The molecule has 0 fully saturated rings. The van der Waals surface area contributed by atoms with E-state index in [2.05, 4.69) is 89.9 Å². The number of amidine groups is 1. The van der Waals surface area contributed by atoms with E-state index in [4.69, 9.17) is 9.73 Å². The first-order valence-corrected chi connectivity index (χ1v) is 12.3. The number of hydrogen-bond donors (Lipinski definition) is 2. The van der Waals surface area contributed by atoms with Crippen LogP contribution in [-0.4, -0.2) is 44.4 Å². The largest absolute Gasteiger partial charge is 0.384 e. The first-order valence-electron chi connectivity index (χ1n) is 12.3. The van der Waals surface area contributed by atoms with Crippen molar-refractivity contribution in [2.24, 2.45) is 16.3 Å². The maximum Gasteiger partial charge on any atom is 0.233 e. The maximum atomic E-state index is 5.40. The zero-order chi connectivity index (χ0) is 25.8. The molecule has 0 spiro atoms. The van der Waals surface area contributed by atoms with Gasteiger partial charge in [0.25, 0.3) is 0 Å². The highest BCUT2D eigenvalue weighted by Crippen LogP contribution is 2.25. The van der Waals surface area contributed by atoms with E-state index in [1.165, 1.54) is 5.57 Å². The number of methoxy groups -OCH3 is 1. The maximum absolute atomic E-state index is 5.40. The van der Waals surface area contributed by atoms with Gasteiger partial charge in [0, 0.05) is 37.4 Å². The van der Waals surface area contributed by atoms with Crippen LogP contribution >= 0.6 is 0 Å². The molecule has 6 nitrogen and oxygen atoms in total. The number of aliphatic imine (C=N–C) groups is 1. The summed E-state index contributed by atoms with van der Waals surface area (Å²) in [4.78, 5) is 9.79. The van der Waals surface area contributed by atoms with Gasteiger partial charge in [-0.05, 0) is 49.6 Å². The Balaban J connectivity index is 3.34. The number of ether oxygens (including phenoxy) is 1. The Bertz CT molecular complexity index is 842. The van der Waals surface area contributed by atoms with Crippen LogP contribution in [0.4, 0.5) is 5.82 Å². The van der Waals surface area contributed by atoms with Gasteiger partial charge >= 0.3 is 0 Å². The van der Waals surface area contributed by atoms with Crippen molar-refractivity contribution in [1.82, 2.24) is 20.1 Å². The summed E-state index contributed by atoms with van der Waals surface area (Å²) in [6.45, 7) is 20.9. The number of quaternary nitrogens is 1. The lowest BCUT2D eigenvalue weighted by atomic mass is 9.87. The topological polar surface area (TPSA) is 58.5 Å². The molecular weight excluding hydrogens is 422 g/mol. The summed E-state index contributed by atoms with van der Waals surface area (Å²) >= 11 is 0. The lowest BCUT2D eigenvalue weighted by molar-refractivity contribution is 0.126. The van der Waals surface area contributed by atoms with Gasteiger partial charge in [-0.2, -0.15) is 4.99 Å². The van der Waals surface area contributed by atoms with Crippen LogP contribution in [0.25, 0.3) is 0 Å². The van der Waals surface area contributed by atoms with Crippen molar-refractivity contribution in [3.8, 4) is 0 Å². The minimum Gasteiger partial charge on any atom is -0.384 e. The Morgan fingerprint density at radius 3 is 2.56 bits per heavy atom. The molecule has 1 aromatic heterocycles. The second-order valence-electron chi connectivity index (χ2n) is 10.2. The van der Waals surface area contributed by atoms with Crippen LogP contribution in [0.1, 0.15) is 61.3 Å². The molecule has 190 valence electrons.